The minimum Gasteiger partial charge on any atom is -0.492 e. The molecule has 0 aromatic heterocycles. The molecule has 0 spiro atoms. The fraction of sp³-hybridized carbons (Fsp3) is 0.160. The minimum atomic E-state index is -4.08. The van der Waals surface area contributed by atoms with Gasteiger partial charge in [0.05, 0.1) is 11.4 Å². The highest BCUT2D eigenvalue weighted by atomic mass is 32.2. The van der Waals surface area contributed by atoms with E-state index in [0.29, 0.717) is 12.3 Å². The van der Waals surface area contributed by atoms with Crippen LogP contribution in [0.15, 0.2) is 89.8 Å². The van der Waals surface area contributed by atoms with Crippen LogP contribution in [0, 0.1) is 5.41 Å². The Hall–Kier alpha value is -4.42. The molecule has 0 aliphatic rings. The van der Waals surface area contributed by atoms with Gasteiger partial charge in [-0.1, -0.05) is 36.4 Å². The molecule has 0 heterocycles. The number of amides is 1. The number of hydrogen-bond acceptors (Lipinski definition) is 6. The summed E-state index contributed by atoms with van der Waals surface area (Å²) >= 11 is 0. The van der Waals surface area contributed by atoms with Crippen LogP contribution < -0.4 is 25.4 Å². The summed E-state index contributed by atoms with van der Waals surface area (Å²) in [7, 11) is -4.08. The van der Waals surface area contributed by atoms with Gasteiger partial charge in [0.25, 0.3) is 5.91 Å². The number of guanidine groups is 1. The van der Waals surface area contributed by atoms with E-state index in [9.17, 15) is 23.1 Å². The van der Waals surface area contributed by atoms with Gasteiger partial charge in [0.2, 0.25) is 10.0 Å². The normalized spacial score (nSPS) is 11.8. The molecular weight excluding hydrogens is 498 g/mol. The first-order valence-electron chi connectivity index (χ1n) is 11.2. The Morgan fingerprint density at radius 1 is 0.973 bits per heavy atom. The van der Waals surface area contributed by atoms with Gasteiger partial charge >= 0.3 is 5.97 Å². The van der Waals surface area contributed by atoms with Gasteiger partial charge in [-0.05, 0) is 48.5 Å². The van der Waals surface area contributed by atoms with Crippen molar-refractivity contribution in [1.82, 2.24) is 10.0 Å². The number of carbonyl (C=O) groups excluding carboxylic acids is 1. The Morgan fingerprint density at radius 2 is 1.57 bits per heavy atom. The summed E-state index contributed by atoms with van der Waals surface area (Å²) in [5, 5.41) is 19.6. The van der Waals surface area contributed by atoms with Gasteiger partial charge in [-0.3, -0.25) is 15.0 Å². The highest BCUT2D eigenvalue weighted by molar-refractivity contribution is 7.89. The maximum atomic E-state index is 12.5. The lowest BCUT2D eigenvalue weighted by molar-refractivity contribution is -0.138. The maximum Gasteiger partial charge on any atom is 0.323 e. The van der Waals surface area contributed by atoms with Crippen molar-refractivity contribution in [2.75, 3.05) is 24.6 Å². The second kappa shape index (κ2) is 12.5. The topological polar surface area (TPSA) is 175 Å². The van der Waals surface area contributed by atoms with Gasteiger partial charge in [0.1, 0.15) is 18.4 Å². The SMILES string of the molecule is N=C(N)N(CCOc1ccc(C(=O)NC[C@H](NS(=O)(=O)c2ccccc2)C(=O)O)cc1)c1ccccc1. The highest BCUT2D eigenvalue weighted by Gasteiger charge is 2.26. The van der Waals surface area contributed by atoms with Gasteiger partial charge in [-0.25, -0.2) is 8.42 Å². The van der Waals surface area contributed by atoms with Crippen molar-refractivity contribution in [2.24, 2.45) is 5.73 Å². The number of nitrogens with one attached hydrogen (secondary N) is 3. The third kappa shape index (κ3) is 7.78. The van der Waals surface area contributed by atoms with Gasteiger partial charge in [-0.2, -0.15) is 4.72 Å². The molecule has 3 aromatic carbocycles. The number of carbonyl (C=O) groups is 2. The zero-order valence-corrected chi connectivity index (χ0v) is 20.5. The van der Waals surface area contributed by atoms with Crippen molar-refractivity contribution in [3.05, 3.63) is 90.5 Å². The fourth-order valence-electron chi connectivity index (χ4n) is 3.29. The second-order valence-electron chi connectivity index (χ2n) is 7.78. The van der Waals surface area contributed by atoms with Crippen LogP contribution in [0.25, 0.3) is 0 Å². The Kier molecular flexibility index (Phi) is 9.19. The number of benzene rings is 3. The largest absolute Gasteiger partial charge is 0.492 e. The van der Waals surface area contributed by atoms with Crippen LogP contribution >= 0.6 is 0 Å². The molecule has 0 bridgehead atoms. The summed E-state index contributed by atoms with van der Waals surface area (Å²) in [4.78, 5) is 25.6. The van der Waals surface area contributed by atoms with Gasteiger partial charge < -0.3 is 25.8 Å². The molecule has 3 aromatic rings. The molecule has 194 valence electrons. The third-order valence-corrected chi connectivity index (χ3v) is 6.66. The molecule has 6 N–H and O–H groups in total. The molecule has 0 aliphatic carbocycles. The Labute approximate surface area is 214 Å². The Morgan fingerprint density at radius 3 is 2.14 bits per heavy atom. The average Bonchev–Trinajstić information content (AvgIpc) is 2.90. The van der Waals surface area contributed by atoms with E-state index in [2.05, 4.69) is 10.0 Å². The average molecular weight is 526 g/mol. The van der Waals surface area contributed by atoms with Crippen molar-refractivity contribution < 1.29 is 27.9 Å². The molecule has 11 nitrogen and oxygen atoms in total. The van der Waals surface area contributed by atoms with E-state index >= 15 is 0 Å². The number of rotatable bonds is 12. The molecule has 0 fully saturated rings. The molecule has 0 unspecified atom stereocenters. The number of hydrogen-bond donors (Lipinski definition) is 5. The van der Waals surface area contributed by atoms with Crippen molar-refractivity contribution in [3.8, 4) is 5.75 Å². The number of nitrogens with zero attached hydrogens (tertiary/aromatic N) is 1. The lowest BCUT2D eigenvalue weighted by Gasteiger charge is -2.22. The zero-order chi connectivity index (χ0) is 26.8. The molecular formula is C25H27N5O6S. The predicted octanol–water partition coefficient (Wildman–Crippen LogP) is 1.63. The van der Waals surface area contributed by atoms with E-state index in [1.165, 1.54) is 36.4 Å². The van der Waals surface area contributed by atoms with Crippen LogP contribution in [0.1, 0.15) is 10.4 Å². The lowest BCUT2D eigenvalue weighted by atomic mass is 10.2. The maximum absolute atomic E-state index is 12.5. The molecule has 1 atom stereocenters. The molecule has 12 heteroatoms. The minimum absolute atomic E-state index is 0.0849. The predicted molar refractivity (Wildman–Crippen MR) is 138 cm³/mol. The number of aliphatic carboxylic acids is 1. The summed E-state index contributed by atoms with van der Waals surface area (Å²) < 4.78 is 32.6. The van der Waals surface area contributed by atoms with Crippen LogP contribution in [0.4, 0.5) is 5.69 Å². The van der Waals surface area contributed by atoms with Crippen LogP contribution in [-0.2, 0) is 14.8 Å². The molecule has 37 heavy (non-hydrogen) atoms. The molecule has 0 aliphatic heterocycles. The number of para-hydroxylation sites is 1. The second-order valence-corrected chi connectivity index (χ2v) is 9.49. The number of sulfonamides is 1. The van der Waals surface area contributed by atoms with E-state index in [4.69, 9.17) is 15.9 Å². The number of nitrogens with two attached hydrogens (primary N) is 1. The highest BCUT2D eigenvalue weighted by Crippen LogP contribution is 2.15. The van der Waals surface area contributed by atoms with E-state index < -0.39 is 34.5 Å². The van der Waals surface area contributed by atoms with Crippen molar-refractivity contribution in [1.29, 1.82) is 5.41 Å². The van der Waals surface area contributed by atoms with Crippen LogP contribution in [0.3, 0.4) is 0 Å². The van der Waals surface area contributed by atoms with Crippen LogP contribution in [-0.4, -0.2) is 57.1 Å². The third-order valence-electron chi connectivity index (χ3n) is 5.17. The first kappa shape index (κ1) is 27.2. The number of carboxylic acid groups (broad SMARTS) is 1. The van der Waals surface area contributed by atoms with Gasteiger partial charge in [0.15, 0.2) is 5.96 Å². The fourth-order valence-corrected chi connectivity index (χ4v) is 4.50. The summed E-state index contributed by atoms with van der Waals surface area (Å²) in [6, 6.07) is 21.1. The number of ether oxygens (including phenoxy) is 1. The Bertz CT molecular complexity index is 1320. The van der Waals surface area contributed by atoms with Crippen molar-refractivity contribution in [2.45, 2.75) is 10.9 Å². The molecule has 0 saturated carbocycles. The molecule has 1 amide bonds. The summed E-state index contributed by atoms with van der Waals surface area (Å²) in [5.41, 5.74) is 6.66. The quantitative estimate of drug-likeness (QED) is 0.175. The smallest absolute Gasteiger partial charge is 0.323 e. The van der Waals surface area contributed by atoms with E-state index in [1.54, 1.807) is 23.1 Å². The van der Waals surface area contributed by atoms with Crippen molar-refractivity contribution >= 4 is 33.5 Å². The summed E-state index contributed by atoms with van der Waals surface area (Å²) in [6.45, 7) is 0.0950. The molecule has 0 saturated heterocycles. The van der Waals surface area contributed by atoms with Crippen LogP contribution in [0.5, 0.6) is 5.75 Å². The number of carboxylic acids is 1. The Balaban J connectivity index is 1.53. The first-order valence-corrected chi connectivity index (χ1v) is 12.6. The van der Waals surface area contributed by atoms with Gasteiger partial charge in [-0.15, -0.1) is 0 Å². The van der Waals surface area contributed by atoms with E-state index in [0.717, 1.165) is 5.69 Å². The lowest BCUT2D eigenvalue weighted by Crippen LogP contribution is -2.48. The monoisotopic (exact) mass is 525 g/mol. The number of anilines is 1. The zero-order valence-electron chi connectivity index (χ0n) is 19.7. The summed E-state index contributed by atoms with van der Waals surface area (Å²) in [5.74, 6) is -1.65. The summed E-state index contributed by atoms with van der Waals surface area (Å²) in [6.07, 6.45) is 0. The molecule has 0 radical (unpaired) electrons. The van der Waals surface area contributed by atoms with Crippen molar-refractivity contribution in [3.63, 3.8) is 0 Å². The van der Waals surface area contributed by atoms with Crippen LogP contribution in [0.2, 0.25) is 0 Å². The van der Waals surface area contributed by atoms with E-state index in [-0.39, 0.29) is 23.0 Å². The standard InChI is InChI=1S/C25H27N5O6S/c26-25(27)30(19-7-3-1-4-8-19)15-16-36-20-13-11-18(12-14-20)23(31)28-17-22(24(32)33)29-37(34,35)21-9-5-2-6-10-21/h1-14,22,29H,15-17H2,(H3,26,27)(H,28,31)(H,32,33)/t22-/m0/s1. The first-order chi connectivity index (χ1) is 17.7. The van der Waals surface area contributed by atoms with Gasteiger partial charge in [0, 0.05) is 17.8 Å². The van der Waals surface area contributed by atoms with E-state index in [1.807, 2.05) is 30.3 Å². The molecule has 3 rings (SSSR count).